The van der Waals surface area contributed by atoms with Crippen LogP contribution in [0.3, 0.4) is 0 Å². The van der Waals surface area contributed by atoms with Gasteiger partial charge in [-0.05, 0) is 53.4 Å². The van der Waals surface area contributed by atoms with Crippen LogP contribution in [0.5, 0.6) is 0 Å². The highest BCUT2D eigenvalue weighted by molar-refractivity contribution is 5.72. The number of piperidine rings is 1. The van der Waals surface area contributed by atoms with Crippen LogP contribution in [-0.4, -0.2) is 52.2 Å². The van der Waals surface area contributed by atoms with Gasteiger partial charge in [-0.2, -0.15) is 0 Å². The van der Waals surface area contributed by atoms with Crippen LogP contribution >= 0.6 is 0 Å². The topological polar surface area (TPSA) is 88.1 Å². The molecule has 0 spiro atoms. The maximum atomic E-state index is 12.4. The van der Waals surface area contributed by atoms with Gasteiger partial charge in [0.15, 0.2) is 0 Å². The molecular formula is C18H32N2O5. The van der Waals surface area contributed by atoms with Gasteiger partial charge in [0.2, 0.25) is 0 Å². The van der Waals surface area contributed by atoms with E-state index in [1.54, 1.807) is 20.8 Å². The SMILES string of the molecule is CC(C)(C)OC(=O)N1CCC(O)CC1NC(=O)OC(C)(C)CC1CC1. The molecule has 2 aliphatic rings. The van der Waals surface area contributed by atoms with E-state index in [2.05, 4.69) is 5.32 Å². The van der Waals surface area contributed by atoms with Gasteiger partial charge in [-0.15, -0.1) is 0 Å². The highest BCUT2D eigenvalue weighted by Crippen LogP contribution is 2.37. The van der Waals surface area contributed by atoms with Gasteiger partial charge < -0.3 is 19.9 Å². The molecule has 7 heteroatoms. The molecule has 1 aliphatic carbocycles. The highest BCUT2D eigenvalue weighted by Gasteiger charge is 2.37. The van der Waals surface area contributed by atoms with Crippen molar-refractivity contribution < 1.29 is 24.2 Å². The van der Waals surface area contributed by atoms with E-state index in [-0.39, 0.29) is 6.42 Å². The molecule has 2 amide bonds. The third kappa shape index (κ3) is 6.72. The van der Waals surface area contributed by atoms with Crippen molar-refractivity contribution in [3.63, 3.8) is 0 Å². The molecule has 144 valence electrons. The van der Waals surface area contributed by atoms with Crippen molar-refractivity contribution in [2.45, 2.75) is 90.2 Å². The molecule has 1 saturated heterocycles. The molecule has 2 rings (SSSR count). The largest absolute Gasteiger partial charge is 0.444 e. The van der Waals surface area contributed by atoms with E-state index in [4.69, 9.17) is 9.47 Å². The molecule has 1 heterocycles. The van der Waals surface area contributed by atoms with Gasteiger partial charge in [0.25, 0.3) is 0 Å². The normalized spacial score (nSPS) is 24.6. The van der Waals surface area contributed by atoms with E-state index in [0.717, 1.165) is 6.42 Å². The number of carbonyl (C=O) groups is 2. The summed E-state index contributed by atoms with van der Waals surface area (Å²) in [7, 11) is 0. The lowest BCUT2D eigenvalue weighted by atomic mass is 10.0. The quantitative estimate of drug-likeness (QED) is 0.808. The van der Waals surface area contributed by atoms with Gasteiger partial charge in [-0.3, -0.25) is 4.90 Å². The van der Waals surface area contributed by atoms with E-state index < -0.39 is 35.7 Å². The van der Waals surface area contributed by atoms with Crippen molar-refractivity contribution in [2.24, 2.45) is 5.92 Å². The first-order valence-electron chi connectivity index (χ1n) is 9.12. The number of aliphatic hydroxyl groups excluding tert-OH is 1. The lowest BCUT2D eigenvalue weighted by molar-refractivity contribution is -0.0198. The van der Waals surface area contributed by atoms with Crippen molar-refractivity contribution in [2.75, 3.05) is 6.54 Å². The monoisotopic (exact) mass is 356 g/mol. The first-order valence-corrected chi connectivity index (χ1v) is 9.12. The summed E-state index contributed by atoms with van der Waals surface area (Å²) in [6.07, 6.45) is 1.66. The van der Waals surface area contributed by atoms with E-state index in [1.807, 2.05) is 13.8 Å². The Morgan fingerprint density at radius 3 is 2.32 bits per heavy atom. The second-order valence-corrected chi connectivity index (χ2v) is 8.81. The average molecular weight is 356 g/mol. The molecule has 0 aromatic heterocycles. The van der Waals surface area contributed by atoms with E-state index in [0.29, 0.717) is 18.9 Å². The smallest absolute Gasteiger partial charge is 0.411 e. The molecule has 2 unspecified atom stereocenters. The van der Waals surface area contributed by atoms with Gasteiger partial charge in [0, 0.05) is 13.0 Å². The summed E-state index contributed by atoms with van der Waals surface area (Å²) in [5.74, 6) is 0.637. The standard InChI is InChI=1S/C18H32N2O5/c1-17(2,3)25-16(23)20-9-8-13(21)10-14(20)19-15(22)24-18(4,5)11-12-6-7-12/h12-14,21H,6-11H2,1-5H3,(H,19,22). The minimum Gasteiger partial charge on any atom is -0.444 e. The summed E-state index contributed by atoms with van der Waals surface area (Å²) in [5.41, 5.74) is -1.17. The molecule has 0 aromatic carbocycles. The zero-order valence-corrected chi connectivity index (χ0v) is 16.0. The second-order valence-electron chi connectivity index (χ2n) is 8.81. The predicted octanol–water partition coefficient (Wildman–Crippen LogP) is 3.01. The number of rotatable bonds is 4. The van der Waals surface area contributed by atoms with Crippen LogP contribution in [0.25, 0.3) is 0 Å². The molecule has 1 aliphatic heterocycles. The molecule has 25 heavy (non-hydrogen) atoms. The fourth-order valence-corrected chi connectivity index (χ4v) is 3.10. The molecule has 7 nitrogen and oxygen atoms in total. The molecule has 1 saturated carbocycles. The summed E-state index contributed by atoms with van der Waals surface area (Å²) >= 11 is 0. The fourth-order valence-electron chi connectivity index (χ4n) is 3.10. The Balaban J connectivity index is 1.94. The average Bonchev–Trinajstić information content (AvgIpc) is 3.18. The Bertz CT molecular complexity index is 496. The summed E-state index contributed by atoms with van der Waals surface area (Å²) in [5, 5.41) is 12.6. The summed E-state index contributed by atoms with van der Waals surface area (Å²) < 4.78 is 10.9. The second kappa shape index (κ2) is 7.40. The van der Waals surface area contributed by atoms with Crippen molar-refractivity contribution in [1.82, 2.24) is 10.2 Å². The van der Waals surface area contributed by atoms with Crippen molar-refractivity contribution >= 4 is 12.2 Å². The van der Waals surface area contributed by atoms with Crippen LogP contribution in [-0.2, 0) is 9.47 Å². The van der Waals surface area contributed by atoms with Crippen LogP contribution in [0.4, 0.5) is 9.59 Å². The van der Waals surface area contributed by atoms with Gasteiger partial charge in [-0.1, -0.05) is 12.8 Å². The van der Waals surface area contributed by atoms with Crippen LogP contribution in [0.15, 0.2) is 0 Å². The third-order valence-corrected chi connectivity index (χ3v) is 4.33. The van der Waals surface area contributed by atoms with Gasteiger partial charge in [0.1, 0.15) is 17.4 Å². The lowest BCUT2D eigenvalue weighted by Gasteiger charge is -2.39. The Morgan fingerprint density at radius 2 is 1.76 bits per heavy atom. The van der Waals surface area contributed by atoms with E-state index >= 15 is 0 Å². The number of ether oxygens (including phenoxy) is 2. The molecule has 0 radical (unpaired) electrons. The maximum absolute atomic E-state index is 12.4. The Kier molecular flexibility index (Phi) is 5.86. The zero-order valence-electron chi connectivity index (χ0n) is 16.0. The van der Waals surface area contributed by atoms with Gasteiger partial charge >= 0.3 is 12.2 Å². The molecule has 2 fully saturated rings. The maximum Gasteiger partial charge on any atom is 0.411 e. The number of nitrogens with one attached hydrogen (secondary N) is 1. The number of hydrogen-bond acceptors (Lipinski definition) is 5. The number of alkyl carbamates (subject to hydrolysis) is 1. The van der Waals surface area contributed by atoms with Crippen LogP contribution in [0.1, 0.15) is 66.7 Å². The van der Waals surface area contributed by atoms with Gasteiger partial charge in [-0.25, -0.2) is 9.59 Å². The predicted molar refractivity (Wildman–Crippen MR) is 93.0 cm³/mol. The number of hydrogen-bond donors (Lipinski definition) is 2. The number of amides is 2. The van der Waals surface area contributed by atoms with Crippen LogP contribution < -0.4 is 5.32 Å². The van der Waals surface area contributed by atoms with Crippen molar-refractivity contribution in [1.29, 1.82) is 0 Å². The third-order valence-electron chi connectivity index (χ3n) is 4.33. The number of likely N-dealkylation sites (tertiary alicyclic amines) is 1. The Hall–Kier alpha value is -1.50. The Morgan fingerprint density at radius 1 is 1.12 bits per heavy atom. The Labute approximate surface area is 150 Å². The highest BCUT2D eigenvalue weighted by atomic mass is 16.6. The van der Waals surface area contributed by atoms with E-state index in [1.165, 1.54) is 17.7 Å². The summed E-state index contributed by atoms with van der Waals surface area (Å²) in [4.78, 5) is 26.1. The van der Waals surface area contributed by atoms with Crippen molar-refractivity contribution in [3.05, 3.63) is 0 Å². The summed E-state index contributed by atoms with van der Waals surface area (Å²) in [6.45, 7) is 9.49. The molecule has 0 aromatic rings. The summed E-state index contributed by atoms with van der Waals surface area (Å²) in [6, 6.07) is 0. The minimum absolute atomic E-state index is 0.261. The van der Waals surface area contributed by atoms with Gasteiger partial charge in [0.05, 0.1) is 6.10 Å². The number of aliphatic hydroxyl groups is 1. The fraction of sp³-hybridized carbons (Fsp3) is 0.889. The van der Waals surface area contributed by atoms with Crippen LogP contribution in [0, 0.1) is 5.92 Å². The molecule has 0 bridgehead atoms. The van der Waals surface area contributed by atoms with E-state index in [9.17, 15) is 14.7 Å². The lowest BCUT2D eigenvalue weighted by Crippen LogP contribution is -2.57. The number of nitrogens with zero attached hydrogens (tertiary/aromatic N) is 1. The first kappa shape index (κ1) is 19.8. The zero-order chi connectivity index (χ0) is 18.8. The molecule has 2 atom stereocenters. The van der Waals surface area contributed by atoms with Crippen LogP contribution in [0.2, 0.25) is 0 Å². The number of carbonyl (C=O) groups excluding carboxylic acids is 2. The minimum atomic E-state index is -0.636. The molecular weight excluding hydrogens is 324 g/mol. The van der Waals surface area contributed by atoms with Crippen molar-refractivity contribution in [3.8, 4) is 0 Å². The molecule has 2 N–H and O–H groups in total. The first-order chi connectivity index (χ1) is 11.5.